The fourth-order valence-corrected chi connectivity index (χ4v) is 4.65. The zero-order valence-corrected chi connectivity index (χ0v) is 19.1. The van der Waals surface area contributed by atoms with E-state index in [-0.39, 0.29) is 12.5 Å². The highest BCUT2D eigenvalue weighted by Gasteiger charge is 2.26. The zero-order chi connectivity index (χ0) is 23.5. The Morgan fingerprint density at radius 3 is 2.56 bits per heavy atom. The van der Waals surface area contributed by atoms with Crippen LogP contribution in [0.2, 0.25) is 0 Å². The molecule has 1 aliphatic carbocycles. The van der Waals surface area contributed by atoms with Crippen molar-refractivity contribution in [3.05, 3.63) is 95.7 Å². The molecule has 1 heterocycles. The molecule has 170 valence electrons. The Bertz CT molecular complexity index is 1360. The number of rotatable bonds is 5. The van der Waals surface area contributed by atoms with Crippen LogP contribution in [0, 0.1) is 5.92 Å². The van der Waals surface area contributed by atoms with Gasteiger partial charge in [0.15, 0.2) is 6.61 Å². The number of amides is 1. The van der Waals surface area contributed by atoms with E-state index in [9.17, 15) is 9.59 Å². The number of pyridine rings is 1. The summed E-state index contributed by atoms with van der Waals surface area (Å²) < 4.78 is 5.54. The Hall–Kier alpha value is -3.99. The first-order chi connectivity index (χ1) is 16.6. The van der Waals surface area contributed by atoms with Gasteiger partial charge in [0, 0.05) is 22.3 Å². The van der Waals surface area contributed by atoms with Crippen molar-refractivity contribution in [2.45, 2.75) is 26.2 Å². The molecule has 4 aromatic rings. The summed E-state index contributed by atoms with van der Waals surface area (Å²) in [5.74, 6) is -0.382. The maximum absolute atomic E-state index is 13.3. The number of hydrogen-bond acceptors (Lipinski definition) is 4. The molecule has 0 saturated heterocycles. The van der Waals surface area contributed by atoms with Gasteiger partial charge in [0.25, 0.3) is 5.91 Å². The molecule has 0 spiro atoms. The Morgan fingerprint density at radius 2 is 1.71 bits per heavy atom. The standard InChI is InChI=1S/C29H26N2O3/c1-19-15-16-26-23(17-19)28(22-12-6-8-14-25(22)30-26)29(33)34-18-27(32)31-24-13-7-5-11-21(24)20-9-3-2-4-10-20/h2-14,19H,15-18H2,1H3,(H,31,32)/t19-/m0/s1. The monoisotopic (exact) mass is 450 g/mol. The fraction of sp³-hybridized carbons (Fsp3) is 0.207. The van der Waals surface area contributed by atoms with Crippen molar-refractivity contribution in [1.29, 1.82) is 0 Å². The third-order valence-electron chi connectivity index (χ3n) is 6.33. The second-order valence-corrected chi connectivity index (χ2v) is 8.81. The SMILES string of the molecule is C[C@H]1CCc2nc3ccccc3c(C(=O)OCC(=O)Nc3ccccc3-c3ccccc3)c2C1. The van der Waals surface area contributed by atoms with Gasteiger partial charge in [-0.1, -0.05) is 73.7 Å². The van der Waals surface area contributed by atoms with Gasteiger partial charge in [-0.2, -0.15) is 0 Å². The number of carbonyl (C=O) groups is 2. The van der Waals surface area contributed by atoms with E-state index < -0.39 is 5.97 Å². The molecule has 1 aliphatic rings. The molecule has 5 heteroatoms. The van der Waals surface area contributed by atoms with Crippen LogP contribution in [-0.4, -0.2) is 23.5 Å². The van der Waals surface area contributed by atoms with E-state index in [0.717, 1.165) is 52.5 Å². The fourth-order valence-electron chi connectivity index (χ4n) is 4.65. The van der Waals surface area contributed by atoms with Crippen LogP contribution in [-0.2, 0) is 22.4 Å². The minimum absolute atomic E-state index is 0.358. The lowest BCUT2D eigenvalue weighted by molar-refractivity contribution is -0.119. The van der Waals surface area contributed by atoms with Crippen LogP contribution in [0.25, 0.3) is 22.0 Å². The summed E-state index contributed by atoms with van der Waals surface area (Å²) >= 11 is 0. The molecular formula is C29H26N2O3. The molecule has 0 saturated carbocycles. The minimum Gasteiger partial charge on any atom is -0.452 e. The Labute approximate surface area is 198 Å². The first-order valence-electron chi connectivity index (χ1n) is 11.6. The van der Waals surface area contributed by atoms with Gasteiger partial charge in [-0.25, -0.2) is 4.79 Å². The van der Waals surface area contributed by atoms with Crippen LogP contribution in [0.3, 0.4) is 0 Å². The highest BCUT2D eigenvalue weighted by atomic mass is 16.5. The quantitative estimate of drug-likeness (QED) is 0.389. The lowest BCUT2D eigenvalue weighted by atomic mass is 9.84. The van der Waals surface area contributed by atoms with Crippen molar-refractivity contribution < 1.29 is 14.3 Å². The van der Waals surface area contributed by atoms with Gasteiger partial charge in [-0.05, 0) is 48.4 Å². The average molecular weight is 451 g/mol. The Balaban J connectivity index is 1.36. The predicted octanol–water partition coefficient (Wildman–Crippen LogP) is 5.82. The number of nitrogens with zero attached hydrogens (tertiary/aromatic N) is 1. The van der Waals surface area contributed by atoms with E-state index >= 15 is 0 Å². The van der Waals surface area contributed by atoms with Gasteiger partial charge in [-0.15, -0.1) is 0 Å². The predicted molar refractivity (Wildman–Crippen MR) is 134 cm³/mol. The largest absolute Gasteiger partial charge is 0.452 e. The molecule has 1 N–H and O–H groups in total. The number of benzene rings is 3. The molecule has 1 aromatic heterocycles. The van der Waals surface area contributed by atoms with Crippen molar-refractivity contribution in [3.63, 3.8) is 0 Å². The number of aromatic nitrogens is 1. The van der Waals surface area contributed by atoms with Gasteiger partial charge >= 0.3 is 5.97 Å². The summed E-state index contributed by atoms with van der Waals surface area (Å²) in [5, 5.41) is 3.67. The smallest absolute Gasteiger partial charge is 0.339 e. The number of para-hydroxylation sites is 2. The molecule has 0 aliphatic heterocycles. The average Bonchev–Trinajstić information content (AvgIpc) is 2.87. The second kappa shape index (κ2) is 9.48. The molecule has 3 aromatic carbocycles. The van der Waals surface area contributed by atoms with Crippen molar-refractivity contribution in [2.75, 3.05) is 11.9 Å². The summed E-state index contributed by atoms with van der Waals surface area (Å²) in [6.45, 7) is 1.83. The van der Waals surface area contributed by atoms with Crippen LogP contribution >= 0.6 is 0 Å². The zero-order valence-electron chi connectivity index (χ0n) is 19.1. The topological polar surface area (TPSA) is 68.3 Å². The summed E-state index contributed by atoms with van der Waals surface area (Å²) in [5.41, 5.74) is 5.83. The van der Waals surface area contributed by atoms with E-state index in [2.05, 4.69) is 12.2 Å². The lowest BCUT2D eigenvalue weighted by Crippen LogP contribution is -2.23. The van der Waals surface area contributed by atoms with Gasteiger partial charge in [-0.3, -0.25) is 9.78 Å². The van der Waals surface area contributed by atoms with Crippen LogP contribution < -0.4 is 5.32 Å². The molecule has 5 nitrogen and oxygen atoms in total. The van der Waals surface area contributed by atoms with Crippen molar-refractivity contribution in [1.82, 2.24) is 4.98 Å². The molecule has 1 atom stereocenters. The second-order valence-electron chi connectivity index (χ2n) is 8.81. The maximum atomic E-state index is 13.3. The molecule has 34 heavy (non-hydrogen) atoms. The number of aryl methyl sites for hydroxylation is 1. The Morgan fingerprint density at radius 1 is 0.971 bits per heavy atom. The van der Waals surface area contributed by atoms with Crippen LogP contribution in [0.1, 0.15) is 35.0 Å². The number of anilines is 1. The summed E-state index contributed by atoms with van der Waals surface area (Å²) in [6.07, 6.45) is 2.68. The normalized spacial score (nSPS) is 14.9. The molecule has 5 rings (SSSR count). The number of fused-ring (bicyclic) bond motifs is 2. The molecular weight excluding hydrogens is 424 g/mol. The van der Waals surface area contributed by atoms with Crippen LogP contribution in [0.15, 0.2) is 78.9 Å². The highest BCUT2D eigenvalue weighted by molar-refractivity contribution is 6.06. The van der Waals surface area contributed by atoms with Crippen LogP contribution in [0.4, 0.5) is 5.69 Å². The summed E-state index contributed by atoms with van der Waals surface area (Å²) in [7, 11) is 0. The van der Waals surface area contributed by atoms with E-state index in [0.29, 0.717) is 17.2 Å². The van der Waals surface area contributed by atoms with Crippen LogP contribution in [0.5, 0.6) is 0 Å². The maximum Gasteiger partial charge on any atom is 0.339 e. The summed E-state index contributed by atoms with van der Waals surface area (Å²) in [4.78, 5) is 30.8. The van der Waals surface area contributed by atoms with E-state index in [1.54, 1.807) is 0 Å². The first kappa shape index (κ1) is 21.8. The van der Waals surface area contributed by atoms with Gasteiger partial charge in [0.2, 0.25) is 0 Å². The Kier molecular flexibility index (Phi) is 6.09. The molecule has 1 amide bonds. The van der Waals surface area contributed by atoms with Crippen molar-refractivity contribution in [2.24, 2.45) is 5.92 Å². The first-order valence-corrected chi connectivity index (χ1v) is 11.6. The van der Waals surface area contributed by atoms with E-state index in [1.165, 1.54) is 0 Å². The lowest BCUT2D eigenvalue weighted by Gasteiger charge is -2.24. The molecule has 0 radical (unpaired) electrons. The molecule has 0 bridgehead atoms. The van der Waals surface area contributed by atoms with E-state index in [1.807, 2.05) is 78.9 Å². The molecule has 0 unspecified atom stereocenters. The van der Waals surface area contributed by atoms with Gasteiger partial charge < -0.3 is 10.1 Å². The number of esters is 1. The number of ether oxygens (including phenoxy) is 1. The number of carbonyl (C=O) groups excluding carboxylic acids is 2. The van der Waals surface area contributed by atoms with E-state index in [4.69, 9.17) is 9.72 Å². The third-order valence-corrected chi connectivity index (χ3v) is 6.33. The van der Waals surface area contributed by atoms with Crippen molar-refractivity contribution in [3.8, 4) is 11.1 Å². The number of nitrogens with one attached hydrogen (secondary N) is 1. The summed E-state index contributed by atoms with van der Waals surface area (Å²) in [6, 6.07) is 25.1. The molecule has 0 fully saturated rings. The van der Waals surface area contributed by atoms with Gasteiger partial charge in [0.05, 0.1) is 11.1 Å². The third kappa shape index (κ3) is 4.42. The van der Waals surface area contributed by atoms with Crippen molar-refractivity contribution >= 4 is 28.5 Å². The number of hydrogen-bond donors (Lipinski definition) is 1. The minimum atomic E-state index is -0.476. The highest BCUT2D eigenvalue weighted by Crippen LogP contribution is 2.32. The van der Waals surface area contributed by atoms with Gasteiger partial charge in [0.1, 0.15) is 0 Å².